The van der Waals surface area contributed by atoms with Gasteiger partial charge in [-0.3, -0.25) is 0 Å². The lowest BCUT2D eigenvalue weighted by Crippen LogP contribution is -1.97. The Labute approximate surface area is 125 Å². The highest BCUT2D eigenvalue weighted by Gasteiger charge is 2.05. The Balaban J connectivity index is 2.12. The zero-order valence-corrected chi connectivity index (χ0v) is 12.7. The number of aromatic nitrogens is 2. The van der Waals surface area contributed by atoms with Gasteiger partial charge in [-0.25, -0.2) is 4.98 Å². The summed E-state index contributed by atoms with van der Waals surface area (Å²) < 4.78 is 5.74. The van der Waals surface area contributed by atoms with Gasteiger partial charge in [-0.15, -0.1) is 0 Å². The minimum Gasteiger partial charge on any atom is -0.439 e. The van der Waals surface area contributed by atoms with Crippen molar-refractivity contribution in [1.29, 1.82) is 0 Å². The van der Waals surface area contributed by atoms with Crippen LogP contribution < -0.4 is 4.74 Å². The average Bonchev–Trinajstić information content (AvgIpc) is 2.41. The van der Waals surface area contributed by atoms with Gasteiger partial charge in [0.05, 0.1) is 0 Å². The van der Waals surface area contributed by atoms with E-state index >= 15 is 0 Å². The van der Waals surface area contributed by atoms with Crippen molar-refractivity contribution in [2.45, 2.75) is 39.5 Å². The first-order chi connectivity index (χ1) is 9.71. The van der Waals surface area contributed by atoms with Gasteiger partial charge in [0.15, 0.2) is 0 Å². The van der Waals surface area contributed by atoms with Gasteiger partial charge in [0, 0.05) is 12.5 Å². The van der Waals surface area contributed by atoms with Crippen molar-refractivity contribution < 1.29 is 4.74 Å². The standard InChI is InChI=1S/C16H19ClN2O/c1-3-5-12-7-9-13(10-8-12)20-16-11-14(17)18-15(19-16)6-4-2/h7-11H,3-6H2,1-2H3. The second kappa shape index (κ2) is 7.25. The predicted octanol–water partition coefficient (Wildman–Crippen LogP) is 4.83. The normalized spacial score (nSPS) is 10.6. The van der Waals surface area contributed by atoms with Crippen LogP contribution in [0.4, 0.5) is 0 Å². The zero-order valence-electron chi connectivity index (χ0n) is 11.9. The number of benzene rings is 1. The molecule has 0 aliphatic heterocycles. The minimum atomic E-state index is 0.418. The number of ether oxygens (including phenoxy) is 1. The molecule has 0 aliphatic carbocycles. The highest BCUT2D eigenvalue weighted by atomic mass is 35.5. The molecule has 0 fully saturated rings. The van der Waals surface area contributed by atoms with Crippen LogP contribution in [-0.2, 0) is 12.8 Å². The van der Waals surface area contributed by atoms with Gasteiger partial charge in [-0.2, -0.15) is 4.98 Å². The molecule has 0 radical (unpaired) electrons. The Morgan fingerprint density at radius 3 is 2.35 bits per heavy atom. The van der Waals surface area contributed by atoms with Crippen LogP contribution in [0.2, 0.25) is 5.15 Å². The monoisotopic (exact) mass is 290 g/mol. The number of halogens is 1. The van der Waals surface area contributed by atoms with Crippen molar-refractivity contribution in [3.63, 3.8) is 0 Å². The number of aryl methyl sites for hydroxylation is 2. The van der Waals surface area contributed by atoms with Crippen molar-refractivity contribution in [3.05, 3.63) is 46.9 Å². The SMILES string of the molecule is CCCc1ccc(Oc2cc(Cl)nc(CCC)n2)cc1. The van der Waals surface area contributed by atoms with E-state index in [0.717, 1.165) is 37.3 Å². The van der Waals surface area contributed by atoms with Crippen LogP contribution in [0, 0.1) is 0 Å². The highest BCUT2D eigenvalue weighted by molar-refractivity contribution is 6.29. The number of nitrogens with zero attached hydrogens (tertiary/aromatic N) is 2. The molecular weight excluding hydrogens is 272 g/mol. The predicted molar refractivity (Wildman–Crippen MR) is 81.5 cm³/mol. The van der Waals surface area contributed by atoms with Gasteiger partial charge in [0.2, 0.25) is 5.88 Å². The second-order valence-corrected chi connectivity index (χ2v) is 5.08. The Morgan fingerprint density at radius 2 is 1.70 bits per heavy atom. The first-order valence-electron chi connectivity index (χ1n) is 7.01. The third kappa shape index (κ3) is 4.20. The fourth-order valence-corrected chi connectivity index (χ4v) is 2.15. The van der Waals surface area contributed by atoms with Crippen LogP contribution in [-0.4, -0.2) is 9.97 Å². The van der Waals surface area contributed by atoms with Crippen LogP contribution in [0.3, 0.4) is 0 Å². The van der Waals surface area contributed by atoms with E-state index in [9.17, 15) is 0 Å². The Kier molecular flexibility index (Phi) is 5.36. The van der Waals surface area contributed by atoms with Gasteiger partial charge in [0.25, 0.3) is 0 Å². The summed E-state index contributed by atoms with van der Waals surface area (Å²) >= 11 is 5.99. The van der Waals surface area contributed by atoms with Crippen molar-refractivity contribution in [1.82, 2.24) is 9.97 Å². The van der Waals surface area contributed by atoms with Crippen LogP contribution in [0.25, 0.3) is 0 Å². The molecule has 0 unspecified atom stereocenters. The van der Waals surface area contributed by atoms with Crippen molar-refractivity contribution in [2.24, 2.45) is 0 Å². The van der Waals surface area contributed by atoms with E-state index in [2.05, 4.69) is 35.9 Å². The first-order valence-corrected chi connectivity index (χ1v) is 7.39. The molecule has 106 valence electrons. The van der Waals surface area contributed by atoms with E-state index in [1.165, 1.54) is 5.56 Å². The summed E-state index contributed by atoms with van der Waals surface area (Å²) in [6, 6.07) is 9.71. The average molecular weight is 291 g/mol. The maximum Gasteiger partial charge on any atom is 0.224 e. The summed E-state index contributed by atoms with van der Waals surface area (Å²) in [5, 5.41) is 0.418. The molecule has 0 spiro atoms. The maximum atomic E-state index is 5.99. The lowest BCUT2D eigenvalue weighted by atomic mass is 10.1. The summed E-state index contributed by atoms with van der Waals surface area (Å²) in [7, 11) is 0. The van der Waals surface area contributed by atoms with Crippen LogP contribution in [0.5, 0.6) is 11.6 Å². The van der Waals surface area contributed by atoms with Gasteiger partial charge >= 0.3 is 0 Å². The number of hydrogen-bond donors (Lipinski definition) is 0. The quantitative estimate of drug-likeness (QED) is 0.715. The lowest BCUT2D eigenvalue weighted by Gasteiger charge is -2.07. The van der Waals surface area contributed by atoms with Crippen molar-refractivity contribution >= 4 is 11.6 Å². The number of rotatable bonds is 6. The topological polar surface area (TPSA) is 35.0 Å². The van der Waals surface area contributed by atoms with Crippen molar-refractivity contribution in [3.8, 4) is 11.6 Å². The molecule has 1 heterocycles. The zero-order chi connectivity index (χ0) is 14.4. The summed E-state index contributed by atoms with van der Waals surface area (Å²) in [5.41, 5.74) is 1.31. The van der Waals surface area contributed by atoms with E-state index in [-0.39, 0.29) is 0 Å². The van der Waals surface area contributed by atoms with Gasteiger partial charge in [-0.05, 0) is 30.5 Å². The van der Waals surface area contributed by atoms with E-state index in [1.54, 1.807) is 6.07 Å². The summed E-state index contributed by atoms with van der Waals surface area (Å²) in [6.07, 6.45) is 4.00. The van der Waals surface area contributed by atoms with Crippen LogP contribution >= 0.6 is 11.6 Å². The second-order valence-electron chi connectivity index (χ2n) is 4.69. The molecule has 0 aliphatic rings. The Bertz CT molecular complexity index is 555. The molecule has 2 rings (SSSR count). The molecule has 2 aromatic rings. The molecule has 0 bridgehead atoms. The van der Waals surface area contributed by atoms with Crippen LogP contribution in [0.15, 0.2) is 30.3 Å². The largest absolute Gasteiger partial charge is 0.439 e. The van der Waals surface area contributed by atoms with Gasteiger partial charge in [0.1, 0.15) is 16.7 Å². The minimum absolute atomic E-state index is 0.418. The molecular formula is C16H19ClN2O. The molecule has 4 heteroatoms. The molecule has 0 atom stereocenters. The molecule has 1 aromatic carbocycles. The molecule has 0 N–H and O–H groups in total. The molecule has 1 aromatic heterocycles. The Morgan fingerprint density at radius 1 is 1.00 bits per heavy atom. The molecule has 0 saturated carbocycles. The summed E-state index contributed by atoms with van der Waals surface area (Å²) in [4.78, 5) is 8.54. The van der Waals surface area contributed by atoms with Gasteiger partial charge in [-0.1, -0.05) is 44.0 Å². The number of hydrogen-bond acceptors (Lipinski definition) is 3. The molecule has 0 amide bonds. The summed E-state index contributed by atoms with van der Waals surface area (Å²) in [6.45, 7) is 4.25. The smallest absolute Gasteiger partial charge is 0.224 e. The van der Waals surface area contributed by atoms with Crippen molar-refractivity contribution in [2.75, 3.05) is 0 Å². The lowest BCUT2D eigenvalue weighted by molar-refractivity contribution is 0.458. The fourth-order valence-electron chi connectivity index (χ4n) is 1.96. The van der Waals surface area contributed by atoms with E-state index in [1.807, 2.05) is 12.1 Å². The molecule has 0 saturated heterocycles. The van der Waals surface area contributed by atoms with E-state index < -0.39 is 0 Å². The third-order valence-corrected chi connectivity index (χ3v) is 3.07. The van der Waals surface area contributed by atoms with E-state index in [4.69, 9.17) is 16.3 Å². The highest BCUT2D eigenvalue weighted by Crippen LogP contribution is 2.22. The first kappa shape index (κ1) is 14.8. The molecule has 3 nitrogen and oxygen atoms in total. The third-order valence-electron chi connectivity index (χ3n) is 2.88. The molecule has 20 heavy (non-hydrogen) atoms. The summed E-state index contributed by atoms with van der Waals surface area (Å²) in [5.74, 6) is 1.98. The van der Waals surface area contributed by atoms with Crippen LogP contribution in [0.1, 0.15) is 38.1 Å². The van der Waals surface area contributed by atoms with E-state index in [0.29, 0.717) is 11.0 Å². The Hall–Kier alpha value is -1.61. The fraction of sp³-hybridized carbons (Fsp3) is 0.375. The van der Waals surface area contributed by atoms with Gasteiger partial charge < -0.3 is 4.74 Å². The maximum absolute atomic E-state index is 5.99.